The first-order chi connectivity index (χ1) is 32.1. The van der Waals surface area contributed by atoms with E-state index in [0.29, 0.717) is 18.5 Å². The third-order valence-corrected chi connectivity index (χ3v) is 13.5. The van der Waals surface area contributed by atoms with Crippen molar-refractivity contribution < 1.29 is 4.74 Å². The second-order valence-electron chi connectivity index (χ2n) is 21.0. The molecule has 0 aliphatic carbocycles. The average Bonchev–Trinajstić information content (AvgIpc) is 3.87. The number of hydrogen-bond acceptors (Lipinski definition) is 4. The van der Waals surface area contributed by atoms with Crippen LogP contribution >= 0.6 is 0 Å². The van der Waals surface area contributed by atoms with Gasteiger partial charge in [-0.2, -0.15) is 0 Å². The number of benzene rings is 7. The van der Waals surface area contributed by atoms with Crippen LogP contribution < -0.4 is 14.5 Å². The number of aromatic nitrogens is 2. The molecule has 0 atom stereocenters. The first-order valence-electron chi connectivity index (χ1n) is 23.9. The maximum atomic E-state index is 7.00. The minimum atomic E-state index is -0.135. The minimum Gasteiger partial charge on any atom is -0.457 e. The Kier molecular flexibility index (Phi) is 11.1. The third-order valence-electron chi connectivity index (χ3n) is 13.5. The predicted octanol–water partition coefficient (Wildman–Crippen LogP) is 17.4. The summed E-state index contributed by atoms with van der Waals surface area (Å²) >= 11 is 0. The summed E-state index contributed by atoms with van der Waals surface area (Å²) in [5.74, 6) is 3.23. The van der Waals surface area contributed by atoms with Gasteiger partial charge < -0.3 is 14.5 Å². The molecule has 0 spiro atoms. The van der Waals surface area contributed by atoms with Gasteiger partial charge in [0.05, 0.1) is 22.4 Å². The lowest BCUT2D eigenvalue weighted by Crippen LogP contribution is -2.24. The number of anilines is 4. The van der Waals surface area contributed by atoms with Crippen molar-refractivity contribution in [3.63, 3.8) is 0 Å². The topological polar surface area (TPSA) is 33.5 Å². The lowest BCUT2D eigenvalue weighted by Gasteiger charge is -2.27. The van der Waals surface area contributed by atoms with Gasteiger partial charge in [-0.1, -0.05) is 148 Å². The van der Waals surface area contributed by atoms with Gasteiger partial charge in [-0.05, 0) is 140 Å². The molecule has 336 valence electrons. The predicted molar refractivity (Wildman–Crippen MR) is 284 cm³/mol. The standard InChI is InChI=1S/C62H62N4O/c1-40(2)51-22-18-23-52(41(3)4)60(51)44-31-43(42-19-12-11-13-20-42)32-47(33-44)64-39-65(57-26-17-16-25-56(57)64)48-34-46(62(8,9)10)35-50(37-48)67-49-27-28-54-53-21-14-15-24-55(53)66(58(54)38-49)59-36-45(29-30-63-59)61(5,6)7/h11-38,40-41H,39H2,1-10H3. The number of para-hydroxylation sites is 3. The van der Waals surface area contributed by atoms with Crippen molar-refractivity contribution in [2.45, 2.75) is 91.9 Å². The Morgan fingerprint density at radius 3 is 1.76 bits per heavy atom. The molecule has 10 rings (SSSR count). The Morgan fingerprint density at radius 1 is 0.478 bits per heavy atom. The zero-order valence-electron chi connectivity index (χ0n) is 40.7. The van der Waals surface area contributed by atoms with Gasteiger partial charge >= 0.3 is 0 Å². The monoisotopic (exact) mass is 878 g/mol. The van der Waals surface area contributed by atoms with Gasteiger partial charge in [0, 0.05) is 40.5 Å². The fourth-order valence-corrected chi connectivity index (χ4v) is 9.88. The highest BCUT2D eigenvalue weighted by Gasteiger charge is 2.31. The minimum absolute atomic E-state index is 0.0141. The van der Waals surface area contributed by atoms with Crippen molar-refractivity contribution in [2.24, 2.45) is 0 Å². The number of hydrogen-bond donors (Lipinski definition) is 0. The zero-order valence-corrected chi connectivity index (χ0v) is 40.7. The molecule has 7 aromatic carbocycles. The van der Waals surface area contributed by atoms with Gasteiger partial charge in [0.2, 0.25) is 0 Å². The van der Waals surface area contributed by atoms with Crippen molar-refractivity contribution in [1.29, 1.82) is 0 Å². The van der Waals surface area contributed by atoms with E-state index < -0.39 is 0 Å². The zero-order chi connectivity index (χ0) is 46.8. The van der Waals surface area contributed by atoms with E-state index in [1.54, 1.807) is 0 Å². The maximum absolute atomic E-state index is 7.00. The maximum Gasteiger partial charge on any atom is 0.137 e. The number of pyridine rings is 1. The van der Waals surface area contributed by atoms with Crippen molar-refractivity contribution >= 4 is 44.6 Å². The lowest BCUT2D eigenvalue weighted by molar-refractivity contribution is 0.479. The normalized spacial score (nSPS) is 13.1. The number of nitrogens with zero attached hydrogens (tertiary/aromatic N) is 4. The summed E-state index contributed by atoms with van der Waals surface area (Å²) in [6, 6.07) is 59.9. The van der Waals surface area contributed by atoms with Crippen molar-refractivity contribution in [1.82, 2.24) is 9.55 Å². The van der Waals surface area contributed by atoms with Gasteiger partial charge in [-0.15, -0.1) is 0 Å². The van der Waals surface area contributed by atoms with Crippen molar-refractivity contribution in [3.8, 4) is 39.6 Å². The summed E-state index contributed by atoms with van der Waals surface area (Å²) in [4.78, 5) is 9.86. The molecule has 1 aliphatic rings. The Labute approximate surface area is 397 Å². The van der Waals surface area contributed by atoms with Crippen molar-refractivity contribution in [3.05, 3.63) is 192 Å². The Bertz CT molecular complexity index is 3260. The molecule has 1 aliphatic heterocycles. The SMILES string of the molecule is CC(C)c1cccc(C(C)C)c1-c1cc(-c2ccccc2)cc(N2CN(c3cc(Oc4ccc5c6ccccc6n(-c6cc(C(C)(C)C)ccn6)c5c4)cc(C(C)(C)C)c3)c3ccccc32)c1. The van der Waals surface area contributed by atoms with E-state index in [0.717, 1.165) is 50.8 Å². The Hall–Kier alpha value is -7.11. The van der Waals surface area contributed by atoms with Crippen molar-refractivity contribution in [2.75, 3.05) is 16.5 Å². The van der Waals surface area contributed by atoms with Crippen LogP contribution in [0.25, 0.3) is 49.9 Å². The van der Waals surface area contributed by atoms with Crippen LogP contribution in [0.1, 0.15) is 103 Å². The van der Waals surface area contributed by atoms with Crippen LogP contribution in [0.3, 0.4) is 0 Å². The van der Waals surface area contributed by atoms with E-state index in [1.165, 1.54) is 55.6 Å². The molecule has 5 heteroatoms. The molecule has 3 heterocycles. The Morgan fingerprint density at radius 2 is 1.09 bits per heavy atom. The average molecular weight is 879 g/mol. The van der Waals surface area contributed by atoms with Crippen LogP contribution in [0.15, 0.2) is 170 Å². The first-order valence-corrected chi connectivity index (χ1v) is 23.9. The molecular formula is C62H62N4O. The van der Waals surface area contributed by atoms with E-state index >= 15 is 0 Å². The summed E-state index contributed by atoms with van der Waals surface area (Å²) in [5, 5.41) is 2.35. The summed E-state index contributed by atoms with van der Waals surface area (Å²) in [7, 11) is 0. The molecule has 0 saturated heterocycles. The molecule has 9 aromatic rings. The second kappa shape index (κ2) is 17.0. The van der Waals surface area contributed by atoms with Gasteiger partial charge in [-0.3, -0.25) is 4.57 Å². The van der Waals surface area contributed by atoms with Crippen LogP contribution in [0, 0.1) is 0 Å². The molecule has 0 amide bonds. The smallest absolute Gasteiger partial charge is 0.137 e. The van der Waals surface area contributed by atoms with E-state index in [1.807, 2.05) is 6.20 Å². The largest absolute Gasteiger partial charge is 0.457 e. The van der Waals surface area contributed by atoms with Crippen LogP contribution in [0.4, 0.5) is 22.7 Å². The molecule has 0 radical (unpaired) electrons. The van der Waals surface area contributed by atoms with E-state index in [4.69, 9.17) is 9.72 Å². The molecule has 2 aromatic heterocycles. The van der Waals surface area contributed by atoms with E-state index in [2.05, 4.69) is 247 Å². The van der Waals surface area contributed by atoms with Gasteiger partial charge in [0.1, 0.15) is 24.0 Å². The van der Waals surface area contributed by atoms with Gasteiger partial charge in [0.25, 0.3) is 0 Å². The fourth-order valence-electron chi connectivity index (χ4n) is 9.88. The number of rotatable bonds is 9. The van der Waals surface area contributed by atoms with Crippen LogP contribution in [0.5, 0.6) is 11.5 Å². The highest BCUT2D eigenvalue weighted by Crippen LogP contribution is 2.48. The quantitative estimate of drug-likeness (QED) is 0.145. The summed E-state index contributed by atoms with van der Waals surface area (Å²) in [6.07, 6.45) is 1.93. The molecule has 67 heavy (non-hydrogen) atoms. The number of ether oxygens (including phenoxy) is 1. The molecule has 0 saturated carbocycles. The van der Waals surface area contributed by atoms with Crippen LogP contribution in [-0.4, -0.2) is 16.2 Å². The van der Waals surface area contributed by atoms with Gasteiger partial charge in [0.15, 0.2) is 0 Å². The first kappa shape index (κ1) is 43.8. The summed E-state index contributed by atoms with van der Waals surface area (Å²) in [5.41, 5.74) is 16.8. The lowest BCUT2D eigenvalue weighted by atomic mass is 9.84. The number of fused-ring (bicyclic) bond motifs is 4. The fraction of sp³-hybridized carbons (Fsp3) is 0.242. The van der Waals surface area contributed by atoms with Crippen LogP contribution in [0.2, 0.25) is 0 Å². The molecular weight excluding hydrogens is 817 g/mol. The highest BCUT2D eigenvalue weighted by atomic mass is 16.5. The molecule has 0 N–H and O–H groups in total. The second-order valence-corrected chi connectivity index (χ2v) is 21.0. The van der Waals surface area contributed by atoms with E-state index in [-0.39, 0.29) is 10.8 Å². The molecule has 5 nitrogen and oxygen atoms in total. The third kappa shape index (κ3) is 8.26. The highest BCUT2D eigenvalue weighted by molar-refractivity contribution is 6.09. The molecule has 0 fully saturated rings. The van der Waals surface area contributed by atoms with E-state index in [9.17, 15) is 0 Å². The summed E-state index contributed by atoms with van der Waals surface area (Å²) < 4.78 is 9.28. The molecule has 0 unspecified atom stereocenters. The van der Waals surface area contributed by atoms with Crippen LogP contribution in [-0.2, 0) is 10.8 Å². The molecule has 0 bridgehead atoms. The summed E-state index contributed by atoms with van der Waals surface area (Å²) in [6.45, 7) is 23.5. The Balaban J connectivity index is 1.08. The van der Waals surface area contributed by atoms with Gasteiger partial charge in [-0.25, -0.2) is 4.98 Å².